The SMILES string of the molecule is CO[C@@H](C)c1nnc([C@H](C)OC)n1N[C@@H](c1ccccc1)c1ccc(C)cc1. The fraction of sp³-hybridized carbons (Fsp3) is 0.364. The molecule has 3 atom stereocenters. The monoisotopic (exact) mass is 380 g/mol. The van der Waals surface area contributed by atoms with Gasteiger partial charge in [0.05, 0.1) is 6.04 Å². The molecule has 0 unspecified atom stereocenters. The van der Waals surface area contributed by atoms with Crippen molar-refractivity contribution in [2.45, 2.75) is 39.0 Å². The van der Waals surface area contributed by atoms with Gasteiger partial charge in [-0.3, -0.25) is 0 Å². The molecule has 0 spiro atoms. The normalized spacial score (nSPS) is 14.5. The highest BCUT2D eigenvalue weighted by molar-refractivity contribution is 5.36. The molecule has 148 valence electrons. The molecule has 1 N–H and O–H groups in total. The van der Waals surface area contributed by atoms with Crippen LogP contribution in [0.15, 0.2) is 54.6 Å². The predicted molar refractivity (Wildman–Crippen MR) is 110 cm³/mol. The predicted octanol–water partition coefficient (Wildman–Crippen LogP) is 4.33. The summed E-state index contributed by atoms with van der Waals surface area (Å²) in [5.41, 5.74) is 7.13. The first-order valence-corrected chi connectivity index (χ1v) is 9.44. The van der Waals surface area contributed by atoms with E-state index in [-0.39, 0.29) is 18.2 Å². The Morgan fingerprint density at radius 2 is 1.29 bits per heavy atom. The van der Waals surface area contributed by atoms with E-state index in [1.54, 1.807) is 14.2 Å². The van der Waals surface area contributed by atoms with Crippen LogP contribution in [0, 0.1) is 6.92 Å². The molecule has 0 saturated carbocycles. The molecule has 0 aliphatic rings. The van der Waals surface area contributed by atoms with Gasteiger partial charge >= 0.3 is 0 Å². The molecule has 6 heteroatoms. The van der Waals surface area contributed by atoms with Crippen molar-refractivity contribution in [1.29, 1.82) is 0 Å². The molecule has 0 aliphatic heterocycles. The van der Waals surface area contributed by atoms with Gasteiger partial charge in [-0.1, -0.05) is 60.2 Å². The highest BCUT2D eigenvalue weighted by Crippen LogP contribution is 2.27. The molecule has 1 heterocycles. The minimum absolute atomic E-state index is 0.0802. The Morgan fingerprint density at radius 1 is 0.786 bits per heavy atom. The molecule has 2 aromatic carbocycles. The molecular formula is C22H28N4O2. The number of hydrogen-bond donors (Lipinski definition) is 1. The van der Waals surface area contributed by atoms with E-state index in [0.717, 1.165) is 11.1 Å². The van der Waals surface area contributed by atoms with Crippen molar-refractivity contribution in [2.75, 3.05) is 19.6 Å². The zero-order chi connectivity index (χ0) is 20.1. The van der Waals surface area contributed by atoms with Gasteiger partial charge in [-0.15, -0.1) is 10.2 Å². The van der Waals surface area contributed by atoms with Crippen LogP contribution >= 0.6 is 0 Å². The van der Waals surface area contributed by atoms with Crippen LogP contribution in [0.2, 0.25) is 0 Å². The number of nitrogens with zero attached hydrogens (tertiary/aromatic N) is 3. The summed E-state index contributed by atoms with van der Waals surface area (Å²) in [7, 11) is 3.33. The van der Waals surface area contributed by atoms with Crippen LogP contribution in [0.5, 0.6) is 0 Å². The maximum atomic E-state index is 5.51. The Balaban J connectivity index is 2.08. The first-order valence-electron chi connectivity index (χ1n) is 9.44. The third kappa shape index (κ3) is 4.24. The summed E-state index contributed by atoms with van der Waals surface area (Å²) < 4.78 is 12.9. The molecule has 0 amide bonds. The molecule has 0 bridgehead atoms. The summed E-state index contributed by atoms with van der Waals surface area (Å²) in [5.74, 6) is 1.41. The van der Waals surface area contributed by atoms with Crippen molar-refractivity contribution in [3.05, 3.63) is 82.9 Å². The van der Waals surface area contributed by atoms with Crippen LogP contribution in [0.4, 0.5) is 0 Å². The van der Waals surface area contributed by atoms with E-state index in [4.69, 9.17) is 9.47 Å². The number of benzene rings is 2. The Morgan fingerprint density at radius 3 is 1.79 bits per heavy atom. The summed E-state index contributed by atoms with van der Waals surface area (Å²) in [6.45, 7) is 5.99. The van der Waals surface area contributed by atoms with E-state index in [1.807, 2.05) is 36.7 Å². The van der Waals surface area contributed by atoms with E-state index < -0.39 is 0 Å². The second-order valence-electron chi connectivity index (χ2n) is 6.89. The van der Waals surface area contributed by atoms with Gasteiger partial charge in [-0.2, -0.15) is 0 Å². The van der Waals surface area contributed by atoms with Crippen molar-refractivity contribution in [2.24, 2.45) is 0 Å². The van der Waals surface area contributed by atoms with Crippen LogP contribution in [-0.2, 0) is 9.47 Å². The van der Waals surface area contributed by atoms with Gasteiger partial charge in [0.25, 0.3) is 0 Å². The molecular weight excluding hydrogens is 352 g/mol. The highest BCUT2D eigenvalue weighted by atomic mass is 16.5. The molecule has 6 nitrogen and oxygen atoms in total. The van der Waals surface area contributed by atoms with Gasteiger partial charge < -0.3 is 14.9 Å². The lowest BCUT2D eigenvalue weighted by Crippen LogP contribution is -2.27. The third-order valence-electron chi connectivity index (χ3n) is 4.95. The van der Waals surface area contributed by atoms with Crippen molar-refractivity contribution in [1.82, 2.24) is 14.9 Å². The molecule has 0 radical (unpaired) electrons. The Kier molecular flexibility index (Phi) is 6.44. The van der Waals surface area contributed by atoms with Gasteiger partial charge in [-0.25, -0.2) is 4.68 Å². The maximum absolute atomic E-state index is 5.51. The molecule has 3 aromatic rings. The van der Waals surface area contributed by atoms with Crippen LogP contribution in [0.3, 0.4) is 0 Å². The van der Waals surface area contributed by atoms with Gasteiger partial charge in [0.15, 0.2) is 11.6 Å². The molecule has 1 aromatic heterocycles. The molecule has 0 fully saturated rings. The fourth-order valence-corrected chi connectivity index (χ4v) is 3.05. The van der Waals surface area contributed by atoms with Gasteiger partial charge in [0, 0.05) is 14.2 Å². The minimum atomic E-state index is -0.216. The second kappa shape index (κ2) is 8.99. The number of methoxy groups -OCH3 is 2. The van der Waals surface area contributed by atoms with E-state index in [0.29, 0.717) is 11.6 Å². The third-order valence-corrected chi connectivity index (χ3v) is 4.95. The second-order valence-corrected chi connectivity index (χ2v) is 6.89. The van der Waals surface area contributed by atoms with Crippen LogP contribution < -0.4 is 5.43 Å². The summed E-state index contributed by atoms with van der Waals surface area (Å²) in [5, 5.41) is 8.71. The number of ether oxygens (including phenoxy) is 2. The van der Waals surface area contributed by atoms with Gasteiger partial charge in [0.2, 0.25) is 0 Å². The maximum Gasteiger partial charge on any atom is 0.180 e. The van der Waals surface area contributed by atoms with Crippen molar-refractivity contribution in [3.63, 3.8) is 0 Å². The largest absolute Gasteiger partial charge is 0.374 e. The van der Waals surface area contributed by atoms with E-state index in [2.05, 4.69) is 58.9 Å². The molecule has 0 aliphatic carbocycles. The number of rotatable bonds is 8. The van der Waals surface area contributed by atoms with Crippen LogP contribution in [0.1, 0.15) is 60.4 Å². The number of hydrogen-bond acceptors (Lipinski definition) is 5. The van der Waals surface area contributed by atoms with Gasteiger partial charge in [0.1, 0.15) is 12.2 Å². The lowest BCUT2D eigenvalue weighted by molar-refractivity contribution is 0.101. The Hall–Kier alpha value is -2.70. The lowest BCUT2D eigenvalue weighted by atomic mass is 9.98. The Labute approximate surface area is 166 Å². The van der Waals surface area contributed by atoms with Crippen molar-refractivity contribution < 1.29 is 9.47 Å². The molecule has 3 rings (SSSR count). The number of aryl methyl sites for hydroxylation is 1. The zero-order valence-corrected chi connectivity index (χ0v) is 17.1. The lowest BCUT2D eigenvalue weighted by Gasteiger charge is -2.25. The fourth-order valence-electron chi connectivity index (χ4n) is 3.05. The van der Waals surface area contributed by atoms with Crippen molar-refractivity contribution in [3.8, 4) is 0 Å². The first-order chi connectivity index (χ1) is 13.5. The van der Waals surface area contributed by atoms with Gasteiger partial charge in [-0.05, 0) is 31.9 Å². The summed E-state index contributed by atoms with van der Waals surface area (Å²) in [6.07, 6.45) is -0.431. The average Bonchev–Trinajstić information content (AvgIpc) is 3.16. The van der Waals surface area contributed by atoms with E-state index in [9.17, 15) is 0 Å². The quantitative estimate of drug-likeness (QED) is 0.630. The van der Waals surface area contributed by atoms with E-state index in [1.165, 1.54) is 5.56 Å². The first kappa shape index (κ1) is 20.0. The minimum Gasteiger partial charge on any atom is -0.374 e. The topological polar surface area (TPSA) is 61.2 Å². The number of nitrogens with one attached hydrogen (secondary N) is 1. The summed E-state index contributed by atoms with van der Waals surface area (Å²) in [6, 6.07) is 18.8. The highest BCUT2D eigenvalue weighted by Gasteiger charge is 2.24. The van der Waals surface area contributed by atoms with Crippen LogP contribution in [-0.4, -0.2) is 29.1 Å². The molecule has 0 saturated heterocycles. The summed E-state index contributed by atoms with van der Waals surface area (Å²) >= 11 is 0. The summed E-state index contributed by atoms with van der Waals surface area (Å²) in [4.78, 5) is 0. The van der Waals surface area contributed by atoms with Crippen molar-refractivity contribution >= 4 is 0 Å². The molecule has 28 heavy (non-hydrogen) atoms. The average molecular weight is 380 g/mol. The smallest absolute Gasteiger partial charge is 0.180 e. The Bertz CT molecular complexity index is 850. The standard InChI is InChI=1S/C22H28N4O2/c1-15-11-13-19(14-12-15)20(18-9-7-6-8-10-18)25-26-21(16(2)27-4)23-24-22(26)17(3)28-5/h6-14,16-17,20,25H,1-5H3/t16-,17-,20-/m0/s1. The van der Waals surface area contributed by atoms with Crippen LogP contribution in [0.25, 0.3) is 0 Å². The van der Waals surface area contributed by atoms with E-state index >= 15 is 0 Å². The zero-order valence-electron chi connectivity index (χ0n) is 17.1. The number of aromatic nitrogens is 3.